The van der Waals surface area contributed by atoms with Crippen LogP contribution in [0.15, 0.2) is 12.1 Å². The molecular weight excluding hydrogens is 273 g/mol. The Morgan fingerprint density at radius 2 is 2.05 bits per heavy atom. The summed E-state index contributed by atoms with van der Waals surface area (Å²) in [5.74, 6) is -0.544. The van der Waals surface area contributed by atoms with E-state index in [2.05, 4.69) is 24.2 Å². The zero-order chi connectivity index (χ0) is 15.6. The van der Waals surface area contributed by atoms with E-state index in [0.717, 1.165) is 32.0 Å². The number of nitrogens with zero attached hydrogens (tertiary/aromatic N) is 2. The second-order valence-electron chi connectivity index (χ2n) is 6.34. The van der Waals surface area contributed by atoms with E-state index in [9.17, 15) is 14.5 Å². The number of anilines is 1. The van der Waals surface area contributed by atoms with Crippen molar-refractivity contribution < 1.29 is 9.31 Å². The average molecular weight is 295 g/mol. The average Bonchev–Trinajstić information content (AvgIpc) is 2.43. The van der Waals surface area contributed by atoms with E-state index in [1.54, 1.807) is 6.92 Å². The van der Waals surface area contributed by atoms with Gasteiger partial charge in [0.25, 0.3) is 5.69 Å². The smallest absolute Gasteiger partial charge is 0.295 e. The molecule has 0 atom stereocenters. The van der Waals surface area contributed by atoms with Crippen molar-refractivity contribution >= 4 is 11.4 Å². The highest BCUT2D eigenvalue weighted by molar-refractivity contribution is 5.63. The van der Waals surface area contributed by atoms with E-state index in [4.69, 9.17) is 0 Å². The normalized spacial score (nSPS) is 18.5. The second-order valence-corrected chi connectivity index (χ2v) is 6.34. The number of hydrogen-bond donors (Lipinski definition) is 1. The quantitative estimate of drug-likeness (QED) is 0.684. The van der Waals surface area contributed by atoms with Gasteiger partial charge in [0.2, 0.25) is 0 Å². The highest BCUT2D eigenvalue weighted by Crippen LogP contribution is 2.33. The standard InChI is InChI=1S/C15H22FN3O2/c1-11-8-13(14(19(20)21)9-12(11)16)17-10-15(2)4-6-18(3)7-5-15/h8-9,17H,4-7,10H2,1-3H3. The van der Waals surface area contributed by atoms with E-state index in [-0.39, 0.29) is 11.1 Å². The van der Waals surface area contributed by atoms with Crippen molar-refractivity contribution in [3.63, 3.8) is 0 Å². The molecule has 21 heavy (non-hydrogen) atoms. The Kier molecular flexibility index (Phi) is 4.46. The SMILES string of the molecule is Cc1cc(NCC2(C)CCN(C)CC2)c([N+](=O)[O-])cc1F. The first-order chi connectivity index (χ1) is 9.81. The van der Waals surface area contributed by atoms with Crippen LogP contribution in [-0.2, 0) is 0 Å². The molecule has 5 nitrogen and oxygen atoms in total. The van der Waals surface area contributed by atoms with Gasteiger partial charge in [-0.2, -0.15) is 0 Å². The highest BCUT2D eigenvalue weighted by Gasteiger charge is 2.29. The van der Waals surface area contributed by atoms with Crippen molar-refractivity contribution in [2.24, 2.45) is 5.41 Å². The summed E-state index contributed by atoms with van der Waals surface area (Å²) in [4.78, 5) is 12.8. The van der Waals surface area contributed by atoms with Gasteiger partial charge < -0.3 is 10.2 Å². The topological polar surface area (TPSA) is 58.4 Å². The van der Waals surface area contributed by atoms with Gasteiger partial charge in [0.05, 0.1) is 11.0 Å². The number of nitro benzene ring substituents is 1. The zero-order valence-electron chi connectivity index (χ0n) is 12.8. The largest absolute Gasteiger partial charge is 0.379 e. The number of aryl methyl sites for hydroxylation is 1. The molecule has 1 aromatic rings. The molecule has 1 fully saturated rings. The second kappa shape index (κ2) is 5.97. The molecule has 0 saturated carbocycles. The Balaban J connectivity index is 2.12. The Morgan fingerprint density at radius 1 is 1.43 bits per heavy atom. The summed E-state index contributed by atoms with van der Waals surface area (Å²) in [6.45, 7) is 6.52. The molecule has 0 unspecified atom stereocenters. The van der Waals surface area contributed by atoms with Crippen molar-refractivity contribution in [1.29, 1.82) is 0 Å². The lowest BCUT2D eigenvalue weighted by molar-refractivity contribution is -0.384. The van der Waals surface area contributed by atoms with Crippen LogP contribution in [0.3, 0.4) is 0 Å². The summed E-state index contributed by atoms with van der Waals surface area (Å²) in [6.07, 6.45) is 2.09. The van der Waals surface area contributed by atoms with Gasteiger partial charge in [-0.3, -0.25) is 10.1 Å². The van der Waals surface area contributed by atoms with Crippen LogP contribution in [0.1, 0.15) is 25.3 Å². The molecule has 0 amide bonds. The Labute approximate surface area is 124 Å². The van der Waals surface area contributed by atoms with Gasteiger partial charge in [-0.25, -0.2) is 4.39 Å². The minimum absolute atomic E-state index is 0.114. The van der Waals surface area contributed by atoms with Crippen LogP contribution < -0.4 is 5.32 Å². The molecule has 116 valence electrons. The van der Waals surface area contributed by atoms with Gasteiger partial charge in [0.15, 0.2) is 0 Å². The number of nitro groups is 1. The number of halogens is 1. The van der Waals surface area contributed by atoms with Gasteiger partial charge >= 0.3 is 0 Å². The molecule has 1 aliphatic rings. The van der Waals surface area contributed by atoms with E-state index >= 15 is 0 Å². The summed E-state index contributed by atoms with van der Waals surface area (Å²) in [5.41, 5.74) is 0.730. The maximum Gasteiger partial charge on any atom is 0.295 e. The predicted molar refractivity (Wildman–Crippen MR) is 81.1 cm³/mol. The van der Waals surface area contributed by atoms with E-state index in [0.29, 0.717) is 17.8 Å². The molecule has 0 aliphatic carbocycles. The monoisotopic (exact) mass is 295 g/mol. The van der Waals surface area contributed by atoms with Crippen LogP contribution in [0.2, 0.25) is 0 Å². The van der Waals surface area contributed by atoms with Gasteiger partial charge in [-0.1, -0.05) is 6.92 Å². The minimum atomic E-state index is -0.544. The lowest BCUT2D eigenvalue weighted by Crippen LogP contribution is -2.40. The van der Waals surface area contributed by atoms with Crippen molar-refractivity contribution in [3.05, 3.63) is 33.6 Å². The number of nitrogens with one attached hydrogen (secondary N) is 1. The van der Waals surface area contributed by atoms with Crippen LogP contribution in [0.5, 0.6) is 0 Å². The summed E-state index contributed by atoms with van der Waals surface area (Å²) >= 11 is 0. The molecule has 0 spiro atoms. The number of benzene rings is 1. The first-order valence-corrected chi connectivity index (χ1v) is 7.18. The molecule has 0 radical (unpaired) electrons. The van der Waals surface area contributed by atoms with E-state index in [1.165, 1.54) is 6.07 Å². The fourth-order valence-electron chi connectivity index (χ4n) is 2.61. The predicted octanol–water partition coefficient (Wildman–Crippen LogP) is 3.19. The molecule has 1 N–H and O–H groups in total. The zero-order valence-corrected chi connectivity index (χ0v) is 12.8. The lowest BCUT2D eigenvalue weighted by atomic mass is 9.80. The maximum atomic E-state index is 13.5. The summed E-state index contributed by atoms with van der Waals surface area (Å²) in [6, 6.07) is 2.51. The fourth-order valence-corrected chi connectivity index (χ4v) is 2.61. The van der Waals surface area contributed by atoms with Crippen LogP contribution >= 0.6 is 0 Å². The molecule has 1 saturated heterocycles. The van der Waals surface area contributed by atoms with Crippen LogP contribution in [0.4, 0.5) is 15.8 Å². The van der Waals surface area contributed by atoms with E-state index in [1.807, 2.05) is 0 Å². The summed E-state index contributed by atoms with van der Waals surface area (Å²) in [7, 11) is 2.10. The Hall–Kier alpha value is -1.69. The van der Waals surface area contributed by atoms with Gasteiger partial charge in [-0.05, 0) is 56.9 Å². The minimum Gasteiger partial charge on any atom is -0.379 e. The summed E-state index contributed by atoms with van der Waals surface area (Å²) in [5, 5.41) is 14.2. The number of piperidine rings is 1. The molecule has 2 rings (SSSR count). The number of rotatable bonds is 4. The molecular formula is C15H22FN3O2. The number of likely N-dealkylation sites (tertiary alicyclic amines) is 1. The Morgan fingerprint density at radius 3 is 2.62 bits per heavy atom. The van der Waals surface area contributed by atoms with Crippen molar-refractivity contribution in [2.75, 3.05) is 32.0 Å². The maximum absolute atomic E-state index is 13.5. The molecule has 6 heteroatoms. The summed E-state index contributed by atoms with van der Waals surface area (Å²) < 4.78 is 13.5. The van der Waals surface area contributed by atoms with Gasteiger partial charge in [0, 0.05) is 6.54 Å². The lowest BCUT2D eigenvalue weighted by Gasteiger charge is -2.38. The third kappa shape index (κ3) is 3.69. The van der Waals surface area contributed by atoms with E-state index < -0.39 is 10.7 Å². The Bertz CT molecular complexity index is 540. The molecule has 1 aromatic carbocycles. The van der Waals surface area contributed by atoms with Crippen LogP contribution in [0.25, 0.3) is 0 Å². The van der Waals surface area contributed by atoms with Crippen LogP contribution in [-0.4, -0.2) is 36.5 Å². The van der Waals surface area contributed by atoms with Crippen molar-refractivity contribution in [3.8, 4) is 0 Å². The van der Waals surface area contributed by atoms with Gasteiger partial charge in [0.1, 0.15) is 11.5 Å². The third-order valence-corrected chi connectivity index (χ3v) is 4.37. The molecule has 0 aromatic heterocycles. The third-order valence-electron chi connectivity index (χ3n) is 4.37. The van der Waals surface area contributed by atoms with Gasteiger partial charge in [-0.15, -0.1) is 0 Å². The fraction of sp³-hybridized carbons (Fsp3) is 0.600. The van der Waals surface area contributed by atoms with Crippen molar-refractivity contribution in [2.45, 2.75) is 26.7 Å². The molecule has 0 bridgehead atoms. The first kappa shape index (κ1) is 15.7. The number of hydrogen-bond acceptors (Lipinski definition) is 4. The molecule has 1 heterocycles. The highest BCUT2D eigenvalue weighted by atomic mass is 19.1. The molecule has 1 aliphatic heterocycles. The van der Waals surface area contributed by atoms with Crippen molar-refractivity contribution in [1.82, 2.24) is 4.90 Å². The van der Waals surface area contributed by atoms with Crippen LogP contribution in [0, 0.1) is 28.3 Å². The first-order valence-electron chi connectivity index (χ1n) is 7.18.